The van der Waals surface area contributed by atoms with Crippen molar-refractivity contribution in [2.45, 2.75) is 44.7 Å². The first-order chi connectivity index (χ1) is 13.7. The number of carbonyl (C=O) groups is 1. The van der Waals surface area contributed by atoms with E-state index >= 15 is 0 Å². The molecule has 1 aromatic heterocycles. The fourth-order valence-corrected chi connectivity index (χ4v) is 4.80. The van der Waals surface area contributed by atoms with Gasteiger partial charge in [0.2, 0.25) is 5.91 Å². The number of aryl methyl sites for hydroxylation is 2. The summed E-state index contributed by atoms with van der Waals surface area (Å²) in [6.45, 7) is 6.20. The molecule has 0 bridgehead atoms. The Morgan fingerprint density at radius 2 is 1.90 bits per heavy atom. The van der Waals surface area contributed by atoms with Gasteiger partial charge in [0.15, 0.2) is 5.03 Å². The van der Waals surface area contributed by atoms with E-state index in [9.17, 15) is 13.2 Å². The van der Waals surface area contributed by atoms with Crippen molar-refractivity contribution in [3.8, 4) is 5.75 Å². The highest BCUT2D eigenvalue weighted by Crippen LogP contribution is 2.28. The third kappa shape index (κ3) is 4.79. The molecule has 0 unspecified atom stereocenters. The number of aromatic nitrogens is 2. The highest BCUT2D eigenvalue weighted by atomic mass is 32.2. The number of benzene rings is 1. The van der Waals surface area contributed by atoms with Crippen molar-refractivity contribution >= 4 is 21.6 Å². The van der Waals surface area contributed by atoms with Crippen molar-refractivity contribution < 1.29 is 17.9 Å². The maximum absolute atomic E-state index is 12.8. The van der Waals surface area contributed by atoms with Gasteiger partial charge in [-0.1, -0.05) is 12.1 Å². The van der Waals surface area contributed by atoms with E-state index in [1.807, 2.05) is 32.0 Å². The summed E-state index contributed by atoms with van der Waals surface area (Å²) in [5.74, 6) is 0.899. The van der Waals surface area contributed by atoms with Gasteiger partial charge in [-0.15, -0.1) is 0 Å². The standard InChI is InChI=1S/C20H28N4O4S/c1-14(2)28-18-8-6-5-7-17(18)22-20(25)16-9-11-24(12-10-16)29(26,27)19-13-23(4)15(3)21-19/h5-8,13-14,16H,9-12H2,1-4H3,(H,22,25). The Bertz CT molecular complexity index is 957. The molecular weight excluding hydrogens is 392 g/mol. The van der Waals surface area contributed by atoms with Crippen LogP contribution in [0.1, 0.15) is 32.5 Å². The minimum atomic E-state index is -3.64. The van der Waals surface area contributed by atoms with Crippen LogP contribution < -0.4 is 10.1 Å². The Hall–Kier alpha value is -2.39. The molecule has 1 N–H and O–H groups in total. The summed E-state index contributed by atoms with van der Waals surface area (Å²) in [6, 6.07) is 7.32. The predicted molar refractivity (Wildman–Crippen MR) is 110 cm³/mol. The topological polar surface area (TPSA) is 93.5 Å². The highest BCUT2D eigenvalue weighted by Gasteiger charge is 2.33. The average Bonchev–Trinajstić information content (AvgIpc) is 3.02. The van der Waals surface area contributed by atoms with Gasteiger partial charge in [-0.05, 0) is 45.7 Å². The molecule has 0 aliphatic carbocycles. The summed E-state index contributed by atoms with van der Waals surface area (Å²) in [5, 5.41) is 2.99. The van der Waals surface area contributed by atoms with Gasteiger partial charge in [0.05, 0.1) is 11.8 Å². The summed E-state index contributed by atoms with van der Waals surface area (Å²) in [4.78, 5) is 16.9. The molecule has 158 valence electrons. The first-order valence-electron chi connectivity index (χ1n) is 9.75. The summed E-state index contributed by atoms with van der Waals surface area (Å²) < 4.78 is 34.4. The summed E-state index contributed by atoms with van der Waals surface area (Å²) >= 11 is 0. The lowest BCUT2D eigenvalue weighted by Gasteiger charge is -2.30. The van der Waals surface area contributed by atoms with E-state index < -0.39 is 10.0 Å². The lowest BCUT2D eigenvalue weighted by atomic mass is 9.97. The zero-order valence-electron chi connectivity index (χ0n) is 17.3. The molecule has 0 atom stereocenters. The number of piperidine rings is 1. The third-order valence-electron chi connectivity index (χ3n) is 5.02. The number of para-hydroxylation sites is 2. The Balaban J connectivity index is 1.63. The van der Waals surface area contributed by atoms with E-state index in [0.717, 1.165) is 0 Å². The van der Waals surface area contributed by atoms with Crippen molar-refractivity contribution in [1.82, 2.24) is 13.9 Å². The number of imidazole rings is 1. The molecule has 0 spiro atoms. The maximum Gasteiger partial charge on any atom is 0.262 e. The van der Waals surface area contributed by atoms with Crippen LogP contribution in [0.15, 0.2) is 35.5 Å². The molecule has 1 aliphatic heterocycles. The zero-order valence-corrected chi connectivity index (χ0v) is 18.1. The van der Waals surface area contributed by atoms with Gasteiger partial charge in [0.1, 0.15) is 11.6 Å². The largest absolute Gasteiger partial charge is 0.489 e. The van der Waals surface area contributed by atoms with Crippen LogP contribution >= 0.6 is 0 Å². The molecule has 1 amide bonds. The number of rotatable bonds is 6. The van der Waals surface area contributed by atoms with Gasteiger partial charge in [0.25, 0.3) is 10.0 Å². The molecule has 8 nitrogen and oxygen atoms in total. The molecule has 0 saturated carbocycles. The molecule has 2 heterocycles. The molecule has 9 heteroatoms. The average molecular weight is 421 g/mol. The number of amides is 1. The first-order valence-corrected chi connectivity index (χ1v) is 11.2. The van der Waals surface area contributed by atoms with Crippen molar-refractivity contribution in [2.75, 3.05) is 18.4 Å². The Labute approximate surface area is 171 Å². The van der Waals surface area contributed by atoms with Crippen LogP contribution in [0.4, 0.5) is 5.69 Å². The molecule has 29 heavy (non-hydrogen) atoms. The summed E-state index contributed by atoms with van der Waals surface area (Å²) in [5.41, 5.74) is 0.630. The van der Waals surface area contributed by atoms with E-state index in [2.05, 4.69) is 10.3 Å². The molecule has 1 saturated heterocycles. The summed E-state index contributed by atoms with van der Waals surface area (Å²) in [7, 11) is -1.88. The number of sulfonamides is 1. The third-order valence-corrected chi connectivity index (χ3v) is 6.79. The molecule has 1 aromatic carbocycles. The molecular formula is C20H28N4O4S. The summed E-state index contributed by atoms with van der Waals surface area (Å²) in [6.07, 6.45) is 2.44. The van der Waals surface area contributed by atoms with Crippen LogP contribution in [-0.4, -0.2) is 47.4 Å². The van der Waals surface area contributed by atoms with Crippen LogP contribution in [0.2, 0.25) is 0 Å². The minimum Gasteiger partial charge on any atom is -0.489 e. The molecule has 3 rings (SSSR count). The minimum absolute atomic E-state index is 0.00303. The molecule has 1 aliphatic rings. The van der Waals surface area contributed by atoms with Crippen molar-refractivity contribution in [3.05, 3.63) is 36.3 Å². The van der Waals surface area contributed by atoms with Gasteiger partial charge in [-0.2, -0.15) is 4.31 Å². The smallest absolute Gasteiger partial charge is 0.262 e. The monoisotopic (exact) mass is 420 g/mol. The lowest BCUT2D eigenvalue weighted by Crippen LogP contribution is -2.41. The Morgan fingerprint density at radius 1 is 1.24 bits per heavy atom. The second-order valence-corrected chi connectivity index (χ2v) is 9.45. The number of hydrogen-bond donors (Lipinski definition) is 1. The Morgan fingerprint density at radius 3 is 2.48 bits per heavy atom. The lowest BCUT2D eigenvalue weighted by molar-refractivity contribution is -0.120. The first kappa shape index (κ1) is 21.3. The van der Waals surface area contributed by atoms with E-state index in [1.165, 1.54) is 10.5 Å². The van der Waals surface area contributed by atoms with E-state index in [-0.39, 0.29) is 23.0 Å². The molecule has 2 aromatic rings. The van der Waals surface area contributed by atoms with Crippen LogP contribution in [-0.2, 0) is 21.9 Å². The van der Waals surface area contributed by atoms with E-state index in [1.54, 1.807) is 24.6 Å². The van der Waals surface area contributed by atoms with Gasteiger partial charge < -0.3 is 14.6 Å². The van der Waals surface area contributed by atoms with E-state index in [0.29, 0.717) is 43.2 Å². The number of hydrogen-bond acceptors (Lipinski definition) is 5. The molecule has 1 fully saturated rings. The van der Waals surface area contributed by atoms with Crippen molar-refractivity contribution in [3.63, 3.8) is 0 Å². The fraction of sp³-hybridized carbons (Fsp3) is 0.500. The van der Waals surface area contributed by atoms with Crippen molar-refractivity contribution in [1.29, 1.82) is 0 Å². The second-order valence-electron chi connectivity index (χ2n) is 7.57. The van der Waals surface area contributed by atoms with Crippen LogP contribution in [0.5, 0.6) is 5.75 Å². The number of nitrogens with zero attached hydrogens (tertiary/aromatic N) is 3. The van der Waals surface area contributed by atoms with Crippen molar-refractivity contribution in [2.24, 2.45) is 13.0 Å². The highest BCUT2D eigenvalue weighted by molar-refractivity contribution is 7.89. The van der Waals surface area contributed by atoms with Crippen LogP contribution in [0.3, 0.4) is 0 Å². The second kappa shape index (κ2) is 8.54. The zero-order chi connectivity index (χ0) is 21.2. The SMILES string of the molecule is Cc1nc(S(=O)(=O)N2CCC(C(=O)Nc3ccccc3OC(C)C)CC2)cn1C. The predicted octanol–water partition coefficient (Wildman–Crippen LogP) is 2.56. The maximum atomic E-state index is 12.8. The fourth-order valence-electron chi connectivity index (χ4n) is 3.30. The van der Waals surface area contributed by atoms with Gasteiger partial charge >= 0.3 is 0 Å². The normalized spacial score (nSPS) is 16.2. The number of carbonyl (C=O) groups excluding carboxylic acids is 1. The van der Waals surface area contributed by atoms with Gasteiger partial charge in [0, 0.05) is 32.3 Å². The number of nitrogens with one attached hydrogen (secondary N) is 1. The Kier molecular flexibility index (Phi) is 6.28. The molecule has 0 radical (unpaired) electrons. The quantitative estimate of drug-likeness (QED) is 0.775. The van der Waals surface area contributed by atoms with Gasteiger partial charge in [-0.3, -0.25) is 4.79 Å². The van der Waals surface area contributed by atoms with Crippen LogP contribution in [0, 0.1) is 12.8 Å². The van der Waals surface area contributed by atoms with E-state index in [4.69, 9.17) is 4.74 Å². The number of anilines is 1. The van der Waals surface area contributed by atoms with Gasteiger partial charge in [-0.25, -0.2) is 13.4 Å². The number of ether oxygens (including phenoxy) is 1. The van der Waals surface area contributed by atoms with Crippen LogP contribution in [0.25, 0.3) is 0 Å².